The van der Waals surface area contributed by atoms with Gasteiger partial charge in [-0.15, -0.1) is 9.35 Å². The molecule has 8 nitrogen and oxygen atoms in total. The van der Waals surface area contributed by atoms with E-state index in [1.54, 1.807) is 20.0 Å². The van der Waals surface area contributed by atoms with Gasteiger partial charge in [0.15, 0.2) is 5.84 Å². The second kappa shape index (κ2) is 7.78. The first-order valence-electron chi connectivity index (χ1n) is 8.82. The lowest BCUT2D eigenvalue weighted by molar-refractivity contribution is -0.124. The molecule has 0 atom stereocenters. The van der Waals surface area contributed by atoms with Gasteiger partial charge in [-0.05, 0) is 36.1 Å². The number of amides is 2. The van der Waals surface area contributed by atoms with E-state index in [0.29, 0.717) is 17.5 Å². The molecule has 1 N–H and O–H groups in total. The van der Waals surface area contributed by atoms with E-state index in [1.165, 1.54) is 41.3 Å². The summed E-state index contributed by atoms with van der Waals surface area (Å²) < 4.78 is 64.8. The van der Waals surface area contributed by atoms with Gasteiger partial charge in [-0.25, -0.2) is 0 Å². The topological polar surface area (TPSA) is 108 Å². The predicted octanol–water partition coefficient (Wildman–Crippen LogP) is 2.89. The molecule has 2 aromatic carbocycles. The van der Waals surface area contributed by atoms with Gasteiger partial charge >= 0.3 is 15.6 Å². The summed E-state index contributed by atoms with van der Waals surface area (Å²) in [6.07, 6.45) is 2.84. The molecule has 0 bridgehead atoms. The van der Waals surface area contributed by atoms with Crippen molar-refractivity contribution in [2.75, 3.05) is 13.6 Å². The maximum atomic E-state index is 12.7. The van der Waals surface area contributed by atoms with Crippen LogP contribution < -0.4 is 0 Å². The zero-order chi connectivity index (χ0) is 23.1. The summed E-state index contributed by atoms with van der Waals surface area (Å²) in [7, 11) is -4.54. The standard InChI is InChI=1S/C19H16F3N3O5S/c1-3-24(2)15(26)10-8-11-7-9-13-16-12(11)5-4-6-14(16)18(27)25(17(13)23)30-31(28,29)19(20,21)22/h4-10,23H,3H2,1-2H3/b10-8+,23-17?. The zero-order valence-corrected chi connectivity index (χ0v) is 17.0. The van der Waals surface area contributed by atoms with Gasteiger partial charge in [-0.2, -0.15) is 21.6 Å². The molecule has 31 heavy (non-hydrogen) atoms. The Morgan fingerprint density at radius 2 is 1.90 bits per heavy atom. The Kier molecular flexibility index (Phi) is 5.63. The zero-order valence-electron chi connectivity index (χ0n) is 16.2. The van der Waals surface area contributed by atoms with Gasteiger partial charge in [0.2, 0.25) is 5.91 Å². The van der Waals surface area contributed by atoms with Gasteiger partial charge < -0.3 is 4.90 Å². The van der Waals surface area contributed by atoms with Gasteiger partial charge in [0, 0.05) is 30.6 Å². The first-order chi connectivity index (χ1) is 14.4. The molecule has 1 aliphatic heterocycles. The molecular formula is C19H16F3N3O5S. The van der Waals surface area contributed by atoms with Crippen molar-refractivity contribution in [2.45, 2.75) is 12.4 Å². The number of alkyl halides is 3. The Balaban J connectivity index is 2.09. The number of hydrogen-bond donors (Lipinski definition) is 1. The lowest BCUT2D eigenvalue weighted by Gasteiger charge is -2.28. The Morgan fingerprint density at radius 3 is 2.52 bits per heavy atom. The SMILES string of the molecule is CCN(C)C(=O)/C=C/c1ccc2c3c(cccc13)C(=O)N(OS(=O)(=O)C(F)(F)F)C2=N. The summed E-state index contributed by atoms with van der Waals surface area (Å²) in [5.41, 5.74) is -5.40. The molecule has 2 aromatic rings. The van der Waals surface area contributed by atoms with Crippen molar-refractivity contribution in [3.05, 3.63) is 53.1 Å². The van der Waals surface area contributed by atoms with E-state index in [2.05, 4.69) is 4.28 Å². The van der Waals surface area contributed by atoms with Crippen LogP contribution in [-0.2, 0) is 19.2 Å². The molecule has 0 aromatic heterocycles. The average molecular weight is 455 g/mol. The van der Waals surface area contributed by atoms with Crippen molar-refractivity contribution in [1.29, 1.82) is 5.41 Å². The van der Waals surface area contributed by atoms with E-state index >= 15 is 0 Å². The Bertz CT molecular complexity index is 1220. The van der Waals surface area contributed by atoms with Crippen LogP contribution in [-0.4, -0.2) is 55.1 Å². The molecule has 0 unspecified atom stereocenters. The number of likely N-dealkylation sites (N-methyl/N-ethyl adjacent to an activating group) is 1. The van der Waals surface area contributed by atoms with E-state index in [1.807, 2.05) is 0 Å². The highest BCUT2D eigenvalue weighted by Gasteiger charge is 2.51. The second-order valence-electron chi connectivity index (χ2n) is 6.54. The number of carbonyl (C=O) groups is 2. The number of rotatable bonds is 5. The summed E-state index contributed by atoms with van der Waals surface area (Å²) in [6, 6.07) is 7.17. The van der Waals surface area contributed by atoms with Gasteiger partial charge in [0.05, 0.1) is 5.56 Å². The van der Waals surface area contributed by atoms with Gasteiger partial charge in [0.25, 0.3) is 5.91 Å². The number of hydrogen-bond acceptors (Lipinski definition) is 6. The van der Waals surface area contributed by atoms with Gasteiger partial charge in [0.1, 0.15) is 0 Å². The highest BCUT2D eigenvalue weighted by atomic mass is 32.2. The number of amidine groups is 1. The second-order valence-corrected chi connectivity index (χ2v) is 8.06. The molecule has 1 aliphatic rings. The summed E-state index contributed by atoms with van der Waals surface area (Å²) in [5.74, 6) is -2.36. The van der Waals surface area contributed by atoms with Crippen molar-refractivity contribution in [1.82, 2.24) is 9.96 Å². The van der Waals surface area contributed by atoms with E-state index in [-0.39, 0.29) is 27.5 Å². The van der Waals surface area contributed by atoms with Gasteiger partial charge in [-0.1, -0.05) is 18.2 Å². The lowest BCUT2D eigenvalue weighted by Crippen LogP contribution is -2.44. The molecule has 1 heterocycles. The molecule has 0 fully saturated rings. The molecule has 0 saturated carbocycles. The largest absolute Gasteiger partial charge is 0.525 e. The molecule has 0 radical (unpaired) electrons. The Morgan fingerprint density at radius 1 is 1.23 bits per heavy atom. The quantitative estimate of drug-likeness (QED) is 0.551. The molecule has 12 heteroatoms. The summed E-state index contributed by atoms with van der Waals surface area (Å²) >= 11 is 0. The normalized spacial score (nSPS) is 14.5. The number of nitrogens with one attached hydrogen (secondary N) is 1. The third-order valence-electron chi connectivity index (χ3n) is 4.66. The highest BCUT2D eigenvalue weighted by molar-refractivity contribution is 7.87. The van der Waals surface area contributed by atoms with Crippen molar-refractivity contribution in [2.24, 2.45) is 0 Å². The van der Waals surface area contributed by atoms with Gasteiger partial charge in [-0.3, -0.25) is 15.0 Å². The maximum absolute atomic E-state index is 12.7. The number of carbonyl (C=O) groups excluding carboxylic acids is 2. The van der Waals surface area contributed by atoms with E-state index in [0.717, 1.165) is 0 Å². The van der Waals surface area contributed by atoms with Crippen LogP contribution in [0.4, 0.5) is 13.2 Å². The molecule has 3 rings (SSSR count). The minimum Gasteiger partial charge on any atom is -0.343 e. The fourth-order valence-corrected chi connectivity index (χ4v) is 3.35. The summed E-state index contributed by atoms with van der Waals surface area (Å²) in [6.45, 7) is 2.30. The third kappa shape index (κ3) is 3.91. The lowest BCUT2D eigenvalue weighted by atomic mass is 9.91. The van der Waals surface area contributed by atoms with Crippen molar-refractivity contribution in [3.63, 3.8) is 0 Å². The van der Waals surface area contributed by atoms with Crippen molar-refractivity contribution in [3.8, 4) is 0 Å². The summed E-state index contributed by atoms with van der Waals surface area (Å²) in [4.78, 5) is 26.2. The van der Waals surface area contributed by atoms with Crippen LogP contribution in [0.1, 0.15) is 28.4 Å². The Labute approximate surface area is 175 Å². The number of hydroxylamine groups is 2. The van der Waals surface area contributed by atoms with Crippen LogP contribution >= 0.6 is 0 Å². The number of nitrogens with zero attached hydrogens (tertiary/aromatic N) is 2. The molecular weight excluding hydrogens is 439 g/mol. The molecule has 0 spiro atoms. The van der Waals surface area contributed by atoms with Crippen LogP contribution in [0.3, 0.4) is 0 Å². The molecule has 164 valence electrons. The fraction of sp³-hybridized carbons (Fsp3) is 0.211. The predicted molar refractivity (Wildman–Crippen MR) is 105 cm³/mol. The van der Waals surface area contributed by atoms with Crippen LogP contribution in [0.25, 0.3) is 16.8 Å². The molecule has 2 amide bonds. The van der Waals surface area contributed by atoms with Crippen molar-refractivity contribution < 1.29 is 35.5 Å². The Hall–Kier alpha value is -3.25. The molecule has 0 saturated heterocycles. The highest BCUT2D eigenvalue weighted by Crippen LogP contribution is 2.34. The summed E-state index contributed by atoms with van der Waals surface area (Å²) in [5, 5.41) is 8.56. The first kappa shape index (κ1) is 22.4. The van der Waals surface area contributed by atoms with Crippen LogP contribution in [0.2, 0.25) is 0 Å². The van der Waals surface area contributed by atoms with Crippen LogP contribution in [0.15, 0.2) is 36.4 Å². The van der Waals surface area contributed by atoms with E-state index in [9.17, 15) is 31.2 Å². The minimum absolute atomic E-state index is 0.00303. The smallest absolute Gasteiger partial charge is 0.343 e. The maximum Gasteiger partial charge on any atom is 0.525 e. The fourth-order valence-electron chi connectivity index (χ4n) is 2.93. The monoisotopic (exact) mass is 455 g/mol. The first-order valence-corrected chi connectivity index (χ1v) is 10.2. The van der Waals surface area contributed by atoms with Crippen LogP contribution in [0, 0.1) is 5.41 Å². The average Bonchev–Trinajstić information content (AvgIpc) is 2.71. The minimum atomic E-state index is -6.16. The number of benzene rings is 2. The van der Waals surface area contributed by atoms with Crippen LogP contribution in [0.5, 0.6) is 0 Å². The molecule has 0 aliphatic carbocycles. The van der Waals surface area contributed by atoms with Crippen molar-refractivity contribution >= 4 is 44.6 Å². The number of halogens is 3. The third-order valence-corrected chi connectivity index (χ3v) is 5.57. The van der Waals surface area contributed by atoms with E-state index in [4.69, 9.17) is 5.41 Å². The van der Waals surface area contributed by atoms with E-state index < -0.39 is 27.4 Å².